The van der Waals surface area contributed by atoms with Crippen molar-refractivity contribution in [2.45, 2.75) is 51.9 Å². The van der Waals surface area contributed by atoms with Crippen LogP contribution in [0.4, 0.5) is 0 Å². The maximum atomic E-state index is 2.45. The number of hydrogen-bond donors (Lipinski definition) is 0. The molecule has 0 heteroatoms. The van der Waals surface area contributed by atoms with Gasteiger partial charge in [0.05, 0.1) is 0 Å². The van der Waals surface area contributed by atoms with Crippen LogP contribution in [0.2, 0.25) is 0 Å². The molecule has 2 aliphatic rings. The largest absolute Gasteiger partial charge is 0.0622 e. The standard InChI is InChI=1S/C11H20/c1-9-7-8-11(9)10-5-3-2-4-6-10/h9-11H,2-8H2,1H3/t9-,11?/m1/s1. The Morgan fingerprint density at radius 3 is 2.00 bits per heavy atom. The van der Waals surface area contributed by atoms with Gasteiger partial charge in [0, 0.05) is 0 Å². The molecule has 2 fully saturated rings. The fraction of sp³-hybridized carbons (Fsp3) is 1.00. The molecular weight excluding hydrogens is 132 g/mol. The molecule has 64 valence electrons. The van der Waals surface area contributed by atoms with Gasteiger partial charge in [-0.05, 0) is 24.2 Å². The van der Waals surface area contributed by atoms with Gasteiger partial charge in [0.15, 0.2) is 0 Å². The maximum absolute atomic E-state index is 2.45. The van der Waals surface area contributed by atoms with Crippen LogP contribution in [-0.4, -0.2) is 0 Å². The minimum absolute atomic E-state index is 1.07. The van der Waals surface area contributed by atoms with Gasteiger partial charge in [-0.25, -0.2) is 0 Å². The van der Waals surface area contributed by atoms with E-state index in [1.165, 1.54) is 25.7 Å². The Bertz CT molecular complexity index is 122. The van der Waals surface area contributed by atoms with Gasteiger partial charge in [0.2, 0.25) is 0 Å². The van der Waals surface area contributed by atoms with Gasteiger partial charge in [-0.15, -0.1) is 0 Å². The molecule has 1 unspecified atom stereocenters. The summed E-state index contributed by atoms with van der Waals surface area (Å²) in [7, 11) is 0. The van der Waals surface area contributed by atoms with E-state index in [1.807, 2.05) is 0 Å². The van der Waals surface area contributed by atoms with Crippen LogP contribution in [0.15, 0.2) is 0 Å². The van der Waals surface area contributed by atoms with Crippen LogP contribution in [0.25, 0.3) is 0 Å². The Kier molecular flexibility index (Phi) is 2.20. The van der Waals surface area contributed by atoms with Gasteiger partial charge in [0.25, 0.3) is 0 Å². The van der Waals surface area contributed by atoms with Crippen LogP contribution >= 0.6 is 0 Å². The first-order valence-electron chi connectivity index (χ1n) is 5.38. The van der Waals surface area contributed by atoms with Crippen LogP contribution in [0, 0.1) is 17.8 Å². The Labute approximate surface area is 70.4 Å². The third kappa shape index (κ3) is 1.45. The van der Waals surface area contributed by atoms with E-state index < -0.39 is 0 Å². The third-order valence-corrected chi connectivity index (χ3v) is 3.94. The first-order chi connectivity index (χ1) is 5.38. The average Bonchev–Trinajstić information content (AvgIpc) is 2.04. The highest BCUT2D eigenvalue weighted by Gasteiger charge is 2.33. The molecule has 2 atom stereocenters. The zero-order valence-corrected chi connectivity index (χ0v) is 7.68. The molecule has 0 heterocycles. The second-order valence-corrected chi connectivity index (χ2v) is 4.62. The predicted molar refractivity (Wildman–Crippen MR) is 48.5 cm³/mol. The lowest BCUT2D eigenvalue weighted by molar-refractivity contribution is 0.0920. The van der Waals surface area contributed by atoms with Gasteiger partial charge in [-0.3, -0.25) is 0 Å². The van der Waals surface area contributed by atoms with Crippen molar-refractivity contribution in [3.05, 3.63) is 0 Å². The van der Waals surface area contributed by atoms with E-state index in [0.717, 1.165) is 17.8 Å². The monoisotopic (exact) mass is 152 g/mol. The lowest BCUT2D eigenvalue weighted by Crippen LogP contribution is -2.31. The minimum Gasteiger partial charge on any atom is -0.0622 e. The molecule has 2 aliphatic carbocycles. The van der Waals surface area contributed by atoms with E-state index in [4.69, 9.17) is 0 Å². The molecule has 0 nitrogen and oxygen atoms in total. The third-order valence-electron chi connectivity index (χ3n) is 3.94. The van der Waals surface area contributed by atoms with Crippen molar-refractivity contribution in [1.29, 1.82) is 0 Å². The van der Waals surface area contributed by atoms with Crippen molar-refractivity contribution >= 4 is 0 Å². The summed E-state index contributed by atoms with van der Waals surface area (Å²) in [4.78, 5) is 0. The summed E-state index contributed by atoms with van der Waals surface area (Å²) in [5.41, 5.74) is 0. The van der Waals surface area contributed by atoms with Crippen LogP contribution in [-0.2, 0) is 0 Å². The zero-order valence-electron chi connectivity index (χ0n) is 7.68. The topological polar surface area (TPSA) is 0 Å². The molecule has 11 heavy (non-hydrogen) atoms. The van der Waals surface area contributed by atoms with Crippen molar-refractivity contribution in [3.63, 3.8) is 0 Å². The van der Waals surface area contributed by atoms with Gasteiger partial charge < -0.3 is 0 Å². The smallest absolute Gasteiger partial charge is 0.0360 e. The highest BCUT2D eigenvalue weighted by Crippen LogP contribution is 2.44. The van der Waals surface area contributed by atoms with Crippen LogP contribution in [0.3, 0.4) is 0 Å². The molecule has 2 saturated carbocycles. The Hall–Kier alpha value is 0. The summed E-state index contributed by atoms with van der Waals surface area (Å²) in [6.07, 6.45) is 10.7. The van der Waals surface area contributed by atoms with Gasteiger partial charge in [-0.2, -0.15) is 0 Å². The molecule has 0 saturated heterocycles. The average molecular weight is 152 g/mol. The van der Waals surface area contributed by atoms with Crippen molar-refractivity contribution in [2.24, 2.45) is 17.8 Å². The van der Waals surface area contributed by atoms with Crippen LogP contribution < -0.4 is 0 Å². The molecule has 0 spiro atoms. The summed E-state index contributed by atoms with van der Waals surface area (Å²) in [6.45, 7) is 2.45. The van der Waals surface area contributed by atoms with Crippen molar-refractivity contribution in [3.8, 4) is 0 Å². The van der Waals surface area contributed by atoms with Gasteiger partial charge in [0.1, 0.15) is 0 Å². The molecule has 0 aliphatic heterocycles. The summed E-state index contributed by atoms with van der Waals surface area (Å²) >= 11 is 0. The fourth-order valence-corrected chi connectivity index (χ4v) is 2.96. The predicted octanol–water partition coefficient (Wildman–Crippen LogP) is 3.61. The molecule has 0 N–H and O–H groups in total. The molecular formula is C11H20. The lowest BCUT2D eigenvalue weighted by atomic mass is 9.64. The highest BCUT2D eigenvalue weighted by molar-refractivity contribution is 4.84. The van der Waals surface area contributed by atoms with E-state index in [-0.39, 0.29) is 0 Å². The van der Waals surface area contributed by atoms with Crippen molar-refractivity contribution in [2.75, 3.05) is 0 Å². The normalized spacial score (nSPS) is 40.1. The molecule has 2 rings (SSSR count). The summed E-state index contributed by atoms with van der Waals surface area (Å²) < 4.78 is 0. The molecule has 0 amide bonds. The van der Waals surface area contributed by atoms with Crippen molar-refractivity contribution < 1.29 is 0 Å². The first kappa shape index (κ1) is 7.64. The number of hydrogen-bond acceptors (Lipinski definition) is 0. The van der Waals surface area contributed by atoms with Crippen LogP contribution in [0.1, 0.15) is 51.9 Å². The lowest BCUT2D eigenvalue weighted by Gasteiger charge is -2.41. The maximum Gasteiger partial charge on any atom is -0.0360 e. The second-order valence-electron chi connectivity index (χ2n) is 4.62. The van der Waals surface area contributed by atoms with Gasteiger partial charge >= 0.3 is 0 Å². The quantitative estimate of drug-likeness (QED) is 0.538. The first-order valence-corrected chi connectivity index (χ1v) is 5.38. The molecule has 0 radical (unpaired) electrons. The molecule has 0 aromatic carbocycles. The van der Waals surface area contributed by atoms with Crippen LogP contribution in [0.5, 0.6) is 0 Å². The summed E-state index contributed by atoms with van der Waals surface area (Å²) in [5, 5.41) is 0. The Balaban J connectivity index is 1.83. The SMILES string of the molecule is C[C@@H]1CCC1C1CCCCC1. The van der Waals surface area contributed by atoms with Gasteiger partial charge in [-0.1, -0.05) is 45.4 Å². The highest BCUT2D eigenvalue weighted by atomic mass is 14.4. The molecule has 0 aromatic rings. The van der Waals surface area contributed by atoms with Crippen molar-refractivity contribution in [1.82, 2.24) is 0 Å². The fourth-order valence-electron chi connectivity index (χ4n) is 2.96. The summed E-state index contributed by atoms with van der Waals surface area (Å²) in [5.74, 6) is 3.33. The molecule has 0 aromatic heterocycles. The molecule has 0 bridgehead atoms. The number of rotatable bonds is 1. The Morgan fingerprint density at radius 1 is 0.818 bits per heavy atom. The van der Waals surface area contributed by atoms with E-state index in [9.17, 15) is 0 Å². The minimum atomic E-state index is 1.07. The van der Waals surface area contributed by atoms with E-state index in [2.05, 4.69) is 6.92 Å². The van der Waals surface area contributed by atoms with E-state index in [0.29, 0.717) is 0 Å². The summed E-state index contributed by atoms with van der Waals surface area (Å²) in [6, 6.07) is 0. The van der Waals surface area contributed by atoms with E-state index in [1.54, 1.807) is 19.3 Å². The van der Waals surface area contributed by atoms with E-state index >= 15 is 0 Å². The Morgan fingerprint density at radius 2 is 1.55 bits per heavy atom. The zero-order chi connectivity index (χ0) is 7.68. The second kappa shape index (κ2) is 3.16.